The fraction of sp³-hybridized carbons (Fsp3) is 0.625. The van der Waals surface area contributed by atoms with Gasteiger partial charge in [0, 0.05) is 18.5 Å². The molecular formula is C16H22FNO2. The lowest BCUT2D eigenvalue weighted by atomic mass is 9.81. The minimum absolute atomic E-state index is 0.254. The zero-order valence-corrected chi connectivity index (χ0v) is 12.1. The minimum Gasteiger partial charge on any atom is -0.494 e. The SMILES string of the molecule is COc1ccc(CC2(O)CC3CCC(C2)N3C)cc1F. The van der Waals surface area contributed by atoms with Gasteiger partial charge >= 0.3 is 0 Å². The van der Waals surface area contributed by atoms with Gasteiger partial charge in [-0.25, -0.2) is 4.39 Å². The summed E-state index contributed by atoms with van der Waals surface area (Å²) in [6.45, 7) is 0. The Bertz CT molecular complexity index is 491. The van der Waals surface area contributed by atoms with E-state index in [2.05, 4.69) is 11.9 Å². The second-order valence-corrected chi connectivity index (χ2v) is 6.33. The van der Waals surface area contributed by atoms with Crippen molar-refractivity contribution in [2.24, 2.45) is 0 Å². The molecule has 4 heteroatoms. The normalized spacial score (nSPS) is 33.4. The largest absolute Gasteiger partial charge is 0.494 e. The van der Waals surface area contributed by atoms with E-state index in [1.54, 1.807) is 6.07 Å². The monoisotopic (exact) mass is 279 g/mol. The predicted molar refractivity (Wildman–Crippen MR) is 75.4 cm³/mol. The molecule has 2 heterocycles. The second-order valence-electron chi connectivity index (χ2n) is 6.33. The Hall–Kier alpha value is -1.13. The average Bonchev–Trinajstić information content (AvgIpc) is 2.62. The van der Waals surface area contributed by atoms with Crippen LogP contribution in [0.4, 0.5) is 4.39 Å². The van der Waals surface area contributed by atoms with Crippen LogP contribution in [0.5, 0.6) is 5.75 Å². The van der Waals surface area contributed by atoms with Gasteiger partial charge in [0.05, 0.1) is 12.7 Å². The highest BCUT2D eigenvalue weighted by atomic mass is 19.1. The smallest absolute Gasteiger partial charge is 0.165 e. The summed E-state index contributed by atoms with van der Waals surface area (Å²) in [5, 5.41) is 10.9. The van der Waals surface area contributed by atoms with Gasteiger partial charge in [-0.05, 0) is 50.4 Å². The Kier molecular flexibility index (Phi) is 3.46. The van der Waals surface area contributed by atoms with E-state index < -0.39 is 5.60 Å². The molecule has 3 rings (SSSR count). The number of hydrogen-bond acceptors (Lipinski definition) is 3. The third-order valence-corrected chi connectivity index (χ3v) is 4.97. The number of benzene rings is 1. The number of rotatable bonds is 3. The molecule has 2 bridgehead atoms. The molecule has 0 saturated carbocycles. The Morgan fingerprint density at radius 2 is 2.00 bits per heavy atom. The van der Waals surface area contributed by atoms with E-state index in [0.717, 1.165) is 18.4 Å². The van der Waals surface area contributed by atoms with Crippen molar-refractivity contribution in [2.75, 3.05) is 14.2 Å². The first-order valence-corrected chi connectivity index (χ1v) is 7.27. The zero-order chi connectivity index (χ0) is 14.3. The molecule has 0 radical (unpaired) electrons. The molecule has 110 valence electrons. The summed E-state index contributed by atoms with van der Waals surface area (Å²) < 4.78 is 18.7. The third kappa shape index (κ3) is 2.42. The summed E-state index contributed by atoms with van der Waals surface area (Å²) in [5.41, 5.74) is 0.147. The highest BCUT2D eigenvalue weighted by molar-refractivity contribution is 5.30. The van der Waals surface area contributed by atoms with Gasteiger partial charge in [0.2, 0.25) is 0 Å². The molecule has 2 fully saturated rings. The first kappa shape index (κ1) is 13.8. The molecule has 1 aromatic rings. The fourth-order valence-electron chi connectivity index (χ4n) is 3.89. The number of piperidine rings is 1. The van der Waals surface area contributed by atoms with E-state index in [1.807, 2.05) is 6.07 Å². The Morgan fingerprint density at radius 3 is 2.55 bits per heavy atom. The molecule has 0 aromatic heterocycles. The summed E-state index contributed by atoms with van der Waals surface area (Å²) in [4.78, 5) is 2.39. The molecule has 1 N–H and O–H groups in total. The van der Waals surface area contributed by atoms with Crippen LogP contribution in [0.25, 0.3) is 0 Å². The van der Waals surface area contributed by atoms with E-state index in [9.17, 15) is 9.50 Å². The first-order valence-electron chi connectivity index (χ1n) is 7.27. The molecule has 2 atom stereocenters. The van der Waals surface area contributed by atoms with Crippen LogP contribution >= 0.6 is 0 Å². The van der Waals surface area contributed by atoms with Crippen LogP contribution in [0.1, 0.15) is 31.2 Å². The van der Waals surface area contributed by atoms with Crippen molar-refractivity contribution in [3.05, 3.63) is 29.6 Å². The first-order chi connectivity index (χ1) is 9.50. The van der Waals surface area contributed by atoms with Gasteiger partial charge in [-0.2, -0.15) is 0 Å². The predicted octanol–water partition coefficient (Wildman–Crippen LogP) is 2.36. The molecular weight excluding hydrogens is 257 g/mol. The maximum absolute atomic E-state index is 13.7. The number of aliphatic hydroxyl groups is 1. The number of halogens is 1. The lowest BCUT2D eigenvalue weighted by Crippen LogP contribution is -2.50. The third-order valence-electron chi connectivity index (χ3n) is 4.97. The van der Waals surface area contributed by atoms with Crippen LogP contribution in [0.15, 0.2) is 18.2 Å². The number of ether oxygens (including phenoxy) is 1. The minimum atomic E-state index is -0.695. The molecule has 2 unspecified atom stereocenters. The van der Waals surface area contributed by atoms with E-state index in [0.29, 0.717) is 18.5 Å². The van der Waals surface area contributed by atoms with Crippen LogP contribution in [0, 0.1) is 5.82 Å². The van der Waals surface area contributed by atoms with Crippen molar-refractivity contribution in [1.82, 2.24) is 4.90 Å². The summed E-state index contributed by atoms with van der Waals surface area (Å²) in [7, 11) is 3.61. The van der Waals surface area contributed by atoms with E-state index in [1.165, 1.54) is 26.0 Å². The zero-order valence-electron chi connectivity index (χ0n) is 12.1. The van der Waals surface area contributed by atoms with Crippen molar-refractivity contribution in [1.29, 1.82) is 0 Å². The van der Waals surface area contributed by atoms with Crippen molar-refractivity contribution in [3.63, 3.8) is 0 Å². The molecule has 3 nitrogen and oxygen atoms in total. The van der Waals surface area contributed by atoms with Crippen LogP contribution in [0.3, 0.4) is 0 Å². The van der Waals surface area contributed by atoms with Gasteiger partial charge in [0.15, 0.2) is 11.6 Å². The summed E-state index contributed by atoms with van der Waals surface area (Å²) in [5.74, 6) is -0.103. The maximum Gasteiger partial charge on any atom is 0.165 e. The maximum atomic E-state index is 13.7. The van der Waals surface area contributed by atoms with Crippen LogP contribution < -0.4 is 4.74 Å². The Labute approximate surface area is 119 Å². The van der Waals surface area contributed by atoms with Crippen LogP contribution in [-0.4, -0.2) is 41.8 Å². The number of fused-ring (bicyclic) bond motifs is 2. The highest BCUT2D eigenvalue weighted by Gasteiger charge is 2.45. The van der Waals surface area contributed by atoms with Gasteiger partial charge in [0.1, 0.15) is 0 Å². The van der Waals surface area contributed by atoms with E-state index in [-0.39, 0.29) is 11.6 Å². The fourth-order valence-corrected chi connectivity index (χ4v) is 3.89. The molecule has 2 aliphatic rings. The van der Waals surface area contributed by atoms with E-state index >= 15 is 0 Å². The van der Waals surface area contributed by atoms with Crippen molar-refractivity contribution >= 4 is 0 Å². The van der Waals surface area contributed by atoms with Gasteiger partial charge in [0.25, 0.3) is 0 Å². The summed E-state index contributed by atoms with van der Waals surface area (Å²) >= 11 is 0. The van der Waals surface area contributed by atoms with Gasteiger partial charge in [-0.15, -0.1) is 0 Å². The second kappa shape index (κ2) is 5.01. The van der Waals surface area contributed by atoms with Gasteiger partial charge in [-0.1, -0.05) is 6.07 Å². The highest BCUT2D eigenvalue weighted by Crippen LogP contribution is 2.41. The number of nitrogens with zero attached hydrogens (tertiary/aromatic N) is 1. The lowest BCUT2D eigenvalue weighted by molar-refractivity contribution is -0.0437. The molecule has 1 aromatic carbocycles. The molecule has 0 spiro atoms. The van der Waals surface area contributed by atoms with Crippen molar-refractivity contribution in [3.8, 4) is 5.75 Å². The van der Waals surface area contributed by atoms with Gasteiger partial charge < -0.3 is 14.7 Å². The topological polar surface area (TPSA) is 32.7 Å². The molecule has 2 saturated heterocycles. The van der Waals surface area contributed by atoms with E-state index in [4.69, 9.17) is 4.74 Å². The Balaban J connectivity index is 1.76. The summed E-state index contributed by atoms with van der Waals surface area (Å²) in [6, 6.07) is 5.91. The van der Waals surface area contributed by atoms with Crippen molar-refractivity contribution in [2.45, 2.75) is 49.8 Å². The van der Waals surface area contributed by atoms with Crippen LogP contribution in [0.2, 0.25) is 0 Å². The molecule has 0 amide bonds. The molecule has 20 heavy (non-hydrogen) atoms. The lowest BCUT2D eigenvalue weighted by Gasteiger charge is -2.42. The standard InChI is InChI=1S/C16H22FNO2/c1-18-12-4-5-13(18)10-16(19,9-12)8-11-3-6-15(20-2)14(17)7-11/h3,6-7,12-13,19H,4-5,8-10H2,1-2H3. The van der Waals surface area contributed by atoms with Gasteiger partial charge in [-0.3, -0.25) is 0 Å². The quantitative estimate of drug-likeness (QED) is 0.922. The number of hydrogen-bond donors (Lipinski definition) is 1. The van der Waals surface area contributed by atoms with Crippen LogP contribution in [-0.2, 0) is 6.42 Å². The summed E-state index contributed by atoms with van der Waals surface area (Å²) in [6.07, 6.45) is 4.43. The molecule has 2 aliphatic heterocycles. The average molecular weight is 279 g/mol. The number of methoxy groups -OCH3 is 1. The molecule has 0 aliphatic carbocycles. The van der Waals surface area contributed by atoms with Crippen molar-refractivity contribution < 1.29 is 14.2 Å². The Morgan fingerprint density at radius 1 is 1.35 bits per heavy atom.